The SMILES string of the molecule is C[C@@H](NC(=O)[C@@H]1CSCN1C(=O)Nc1ccccc1)c1ccccc1. The van der Waals surface area contributed by atoms with Crippen LogP contribution < -0.4 is 10.6 Å². The van der Waals surface area contributed by atoms with Crippen molar-refractivity contribution in [3.05, 3.63) is 66.2 Å². The molecule has 1 heterocycles. The third kappa shape index (κ3) is 4.33. The second-order valence-corrected chi connectivity index (χ2v) is 6.92. The first-order valence-electron chi connectivity index (χ1n) is 8.21. The Bertz CT molecular complexity index is 724. The molecule has 6 heteroatoms. The molecule has 2 atom stereocenters. The summed E-state index contributed by atoms with van der Waals surface area (Å²) in [5.41, 5.74) is 1.77. The van der Waals surface area contributed by atoms with Crippen LogP contribution in [0.4, 0.5) is 10.5 Å². The summed E-state index contributed by atoms with van der Waals surface area (Å²) in [6.07, 6.45) is 0. The number of nitrogens with one attached hydrogen (secondary N) is 2. The highest BCUT2D eigenvalue weighted by Crippen LogP contribution is 2.23. The van der Waals surface area contributed by atoms with E-state index in [2.05, 4.69) is 10.6 Å². The number of para-hydroxylation sites is 1. The maximum absolute atomic E-state index is 12.7. The van der Waals surface area contributed by atoms with Crippen LogP contribution in [0.2, 0.25) is 0 Å². The van der Waals surface area contributed by atoms with E-state index in [1.807, 2.05) is 67.6 Å². The molecular formula is C19H21N3O2S. The van der Waals surface area contributed by atoms with E-state index in [1.54, 1.807) is 16.7 Å². The molecule has 5 nitrogen and oxygen atoms in total. The van der Waals surface area contributed by atoms with Crippen LogP contribution in [0.25, 0.3) is 0 Å². The quantitative estimate of drug-likeness (QED) is 0.883. The van der Waals surface area contributed by atoms with Crippen molar-refractivity contribution >= 4 is 29.4 Å². The predicted molar refractivity (Wildman–Crippen MR) is 101 cm³/mol. The van der Waals surface area contributed by atoms with Gasteiger partial charge < -0.3 is 15.5 Å². The summed E-state index contributed by atoms with van der Waals surface area (Å²) in [7, 11) is 0. The molecule has 2 aromatic rings. The topological polar surface area (TPSA) is 61.4 Å². The largest absolute Gasteiger partial charge is 0.348 e. The van der Waals surface area contributed by atoms with E-state index < -0.39 is 6.04 Å². The number of thioether (sulfide) groups is 1. The van der Waals surface area contributed by atoms with Crippen molar-refractivity contribution in [2.24, 2.45) is 0 Å². The zero-order valence-corrected chi connectivity index (χ0v) is 14.8. The number of rotatable bonds is 4. The van der Waals surface area contributed by atoms with Crippen molar-refractivity contribution in [3.63, 3.8) is 0 Å². The third-order valence-corrected chi connectivity index (χ3v) is 5.14. The van der Waals surface area contributed by atoms with E-state index in [0.717, 1.165) is 11.3 Å². The number of carbonyl (C=O) groups is 2. The van der Waals surface area contributed by atoms with Gasteiger partial charge in [-0.25, -0.2) is 4.79 Å². The van der Waals surface area contributed by atoms with Gasteiger partial charge in [0, 0.05) is 11.4 Å². The summed E-state index contributed by atoms with van der Waals surface area (Å²) in [5, 5.41) is 5.86. The summed E-state index contributed by atoms with van der Waals surface area (Å²) in [6, 6.07) is 18.3. The van der Waals surface area contributed by atoms with Gasteiger partial charge >= 0.3 is 6.03 Å². The monoisotopic (exact) mass is 355 g/mol. The summed E-state index contributed by atoms with van der Waals surface area (Å²) < 4.78 is 0. The van der Waals surface area contributed by atoms with Gasteiger partial charge in [-0.05, 0) is 24.6 Å². The molecule has 25 heavy (non-hydrogen) atoms. The van der Waals surface area contributed by atoms with Crippen molar-refractivity contribution in [2.75, 3.05) is 16.9 Å². The molecule has 1 fully saturated rings. The van der Waals surface area contributed by atoms with Gasteiger partial charge in [-0.15, -0.1) is 11.8 Å². The first kappa shape index (κ1) is 17.4. The highest BCUT2D eigenvalue weighted by atomic mass is 32.2. The molecule has 3 amide bonds. The lowest BCUT2D eigenvalue weighted by atomic mass is 10.1. The average molecular weight is 355 g/mol. The van der Waals surface area contributed by atoms with Crippen LogP contribution in [0.15, 0.2) is 60.7 Å². The van der Waals surface area contributed by atoms with Gasteiger partial charge in [0.05, 0.1) is 11.9 Å². The number of benzene rings is 2. The number of amides is 3. The molecule has 0 spiro atoms. The van der Waals surface area contributed by atoms with E-state index in [9.17, 15) is 9.59 Å². The standard InChI is InChI=1S/C19H21N3O2S/c1-14(15-8-4-2-5-9-15)20-18(23)17-12-25-13-22(17)19(24)21-16-10-6-3-7-11-16/h2-11,14,17H,12-13H2,1H3,(H,20,23)(H,21,24)/t14-,17+/m1/s1. The molecule has 1 saturated heterocycles. The van der Waals surface area contributed by atoms with Crippen molar-refractivity contribution in [1.82, 2.24) is 10.2 Å². The first-order valence-corrected chi connectivity index (χ1v) is 9.36. The molecule has 0 aromatic heterocycles. The molecule has 130 valence electrons. The van der Waals surface area contributed by atoms with E-state index in [1.165, 1.54) is 0 Å². The molecular weight excluding hydrogens is 334 g/mol. The van der Waals surface area contributed by atoms with E-state index in [-0.39, 0.29) is 18.0 Å². The fourth-order valence-corrected chi connectivity index (χ4v) is 3.87. The minimum Gasteiger partial charge on any atom is -0.348 e. The van der Waals surface area contributed by atoms with Crippen molar-refractivity contribution in [1.29, 1.82) is 0 Å². The second kappa shape index (κ2) is 8.07. The molecule has 3 rings (SSSR count). The van der Waals surface area contributed by atoms with Crippen molar-refractivity contribution in [3.8, 4) is 0 Å². The van der Waals surface area contributed by atoms with Gasteiger partial charge in [0.25, 0.3) is 0 Å². The highest BCUT2D eigenvalue weighted by Gasteiger charge is 2.35. The Balaban J connectivity index is 1.62. The molecule has 1 aliphatic rings. The van der Waals surface area contributed by atoms with Gasteiger partial charge in [-0.3, -0.25) is 4.79 Å². The normalized spacial score (nSPS) is 17.8. The molecule has 0 radical (unpaired) electrons. The van der Waals surface area contributed by atoms with E-state index >= 15 is 0 Å². The third-order valence-electron chi connectivity index (χ3n) is 4.13. The lowest BCUT2D eigenvalue weighted by Crippen LogP contribution is -2.49. The maximum Gasteiger partial charge on any atom is 0.323 e. The van der Waals surface area contributed by atoms with Crippen molar-refractivity contribution < 1.29 is 9.59 Å². The molecule has 1 aliphatic heterocycles. The number of hydrogen-bond donors (Lipinski definition) is 2. The van der Waals surface area contributed by atoms with Crippen molar-refractivity contribution in [2.45, 2.75) is 19.0 Å². The highest BCUT2D eigenvalue weighted by molar-refractivity contribution is 7.99. The Morgan fingerprint density at radius 3 is 2.40 bits per heavy atom. The Morgan fingerprint density at radius 1 is 1.08 bits per heavy atom. The van der Waals surface area contributed by atoms with Crippen LogP contribution in [0.5, 0.6) is 0 Å². The number of carbonyl (C=O) groups excluding carboxylic acids is 2. The van der Waals surface area contributed by atoms with Crippen LogP contribution in [-0.2, 0) is 4.79 Å². The maximum atomic E-state index is 12.7. The second-order valence-electron chi connectivity index (χ2n) is 5.92. The van der Waals surface area contributed by atoms with Gasteiger partial charge in [0.15, 0.2) is 0 Å². The number of nitrogens with zero attached hydrogens (tertiary/aromatic N) is 1. The zero-order chi connectivity index (χ0) is 17.6. The van der Waals surface area contributed by atoms with Crippen LogP contribution in [0, 0.1) is 0 Å². The lowest BCUT2D eigenvalue weighted by molar-refractivity contribution is -0.124. The summed E-state index contributed by atoms with van der Waals surface area (Å²) >= 11 is 1.58. The molecule has 2 N–H and O–H groups in total. The van der Waals surface area contributed by atoms with Crippen LogP contribution in [0.1, 0.15) is 18.5 Å². The Labute approximate surface area is 151 Å². The van der Waals surface area contributed by atoms with E-state index in [4.69, 9.17) is 0 Å². The average Bonchev–Trinajstić information content (AvgIpc) is 3.13. The lowest BCUT2D eigenvalue weighted by Gasteiger charge is -2.25. The fraction of sp³-hybridized carbons (Fsp3) is 0.263. The predicted octanol–water partition coefficient (Wildman–Crippen LogP) is 3.47. The first-order chi connectivity index (χ1) is 12.1. The molecule has 0 saturated carbocycles. The fourth-order valence-electron chi connectivity index (χ4n) is 2.71. The van der Waals surface area contributed by atoms with Gasteiger partial charge in [0.1, 0.15) is 6.04 Å². The summed E-state index contributed by atoms with van der Waals surface area (Å²) in [4.78, 5) is 26.7. The minimum atomic E-state index is -0.458. The molecule has 2 aromatic carbocycles. The van der Waals surface area contributed by atoms with Gasteiger partial charge in [-0.2, -0.15) is 0 Å². The summed E-state index contributed by atoms with van der Waals surface area (Å²) in [6.45, 7) is 1.95. The van der Waals surface area contributed by atoms with Gasteiger partial charge in [0.2, 0.25) is 5.91 Å². The smallest absolute Gasteiger partial charge is 0.323 e. The molecule has 0 aliphatic carbocycles. The minimum absolute atomic E-state index is 0.0988. The Hall–Kier alpha value is -2.47. The number of anilines is 1. The van der Waals surface area contributed by atoms with Crippen LogP contribution in [0.3, 0.4) is 0 Å². The zero-order valence-electron chi connectivity index (χ0n) is 14.0. The Kier molecular flexibility index (Phi) is 5.60. The van der Waals surface area contributed by atoms with Crippen LogP contribution >= 0.6 is 11.8 Å². The van der Waals surface area contributed by atoms with Crippen LogP contribution in [-0.4, -0.2) is 34.5 Å². The number of hydrogen-bond acceptors (Lipinski definition) is 3. The summed E-state index contributed by atoms with van der Waals surface area (Å²) in [5.74, 6) is 0.996. The van der Waals surface area contributed by atoms with E-state index in [0.29, 0.717) is 11.6 Å². The molecule has 0 bridgehead atoms. The number of urea groups is 1. The Morgan fingerprint density at radius 2 is 1.72 bits per heavy atom. The molecule has 0 unspecified atom stereocenters. The van der Waals surface area contributed by atoms with Gasteiger partial charge in [-0.1, -0.05) is 48.5 Å².